The molecule has 120 valence electrons. The monoisotopic (exact) mass is 291 g/mol. The Hall–Kier alpha value is -0.830. The molecule has 1 atom stereocenters. The summed E-state index contributed by atoms with van der Waals surface area (Å²) in [6, 6.07) is 3.34. The SMILES string of the molecule is CCC(CC)n1ccc(CN[C@H](C)C2CCCCCC2)n1. The third kappa shape index (κ3) is 4.84. The lowest BCUT2D eigenvalue weighted by molar-refractivity contribution is 0.334. The molecule has 1 aromatic rings. The highest BCUT2D eigenvalue weighted by Crippen LogP contribution is 2.25. The largest absolute Gasteiger partial charge is 0.308 e. The van der Waals surface area contributed by atoms with Crippen LogP contribution in [0.1, 0.15) is 83.9 Å². The highest BCUT2D eigenvalue weighted by atomic mass is 15.3. The number of hydrogen-bond acceptors (Lipinski definition) is 2. The fourth-order valence-electron chi connectivity index (χ4n) is 3.58. The number of nitrogens with zero attached hydrogens (tertiary/aromatic N) is 2. The molecule has 3 heteroatoms. The van der Waals surface area contributed by atoms with Gasteiger partial charge in [0.1, 0.15) is 0 Å². The van der Waals surface area contributed by atoms with Gasteiger partial charge >= 0.3 is 0 Å². The van der Waals surface area contributed by atoms with Crippen LogP contribution in [0.25, 0.3) is 0 Å². The first kappa shape index (κ1) is 16.5. The molecule has 1 heterocycles. The summed E-state index contributed by atoms with van der Waals surface area (Å²) in [6.45, 7) is 7.74. The lowest BCUT2D eigenvalue weighted by Crippen LogP contribution is -2.33. The van der Waals surface area contributed by atoms with E-state index in [0.29, 0.717) is 12.1 Å². The molecule has 2 rings (SSSR count). The fourth-order valence-corrected chi connectivity index (χ4v) is 3.58. The third-order valence-corrected chi connectivity index (χ3v) is 5.19. The van der Waals surface area contributed by atoms with Gasteiger partial charge in [0.2, 0.25) is 0 Å². The van der Waals surface area contributed by atoms with Crippen LogP contribution in [0.4, 0.5) is 0 Å². The van der Waals surface area contributed by atoms with Gasteiger partial charge in [-0.3, -0.25) is 4.68 Å². The first-order valence-corrected chi connectivity index (χ1v) is 9.02. The van der Waals surface area contributed by atoms with Crippen molar-refractivity contribution in [3.8, 4) is 0 Å². The maximum absolute atomic E-state index is 4.74. The number of nitrogens with one attached hydrogen (secondary N) is 1. The molecule has 1 aromatic heterocycles. The van der Waals surface area contributed by atoms with E-state index >= 15 is 0 Å². The van der Waals surface area contributed by atoms with E-state index in [1.165, 1.54) is 44.2 Å². The molecule has 21 heavy (non-hydrogen) atoms. The second-order valence-corrected chi connectivity index (χ2v) is 6.68. The van der Waals surface area contributed by atoms with Gasteiger partial charge in [-0.1, -0.05) is 39.5 Å². The molecule has 0 radical (unpaired) electrons. The van der Waals surface area contributed by atoms with Gasteiger partial charge in [0.25, 0.3) is 0 Å². The second kappa shape index (κ2) is 8.57. The zero-order chi connectivity index (χ0) is 15.1. The highest BCUT2D eigenvalue weighted by Gasteiger charge is 2.18. The Bertz CT molecular complexity index is 387. The van der Waals surface area contributed by atoms with Crippen LogP contribution in [0.2, 0.25) is 0 Å². The van der Waals surface area contributed by atoms with Crippen molar-refractivity contribution in [1.82, 2.24) is 15.1 Å². The van der Waals surface area contributed by atoms with Crippen LogP contribution in [0.3, 0.4) is 0 Å². The van der Waals surface area contributed by atoms with Gasteiger partial charge in [-0.15, -0.1) is 0 Å². The van der Waals surface area contributed by atoms with Crippen LogP contribution in [0, 0.1) is 5.92 Å². The molecular formula is C18H33N3. The predicted molar refractivity (Wildman–Crippen MR) is 89.3 cm³/mol. The van der Waals surface area contributed by atoms with Crippen molar-refractivity contribution >= 4 is 0 Å². The van der Waals surface area contributed by atoms with Crippen LogP contribution in [-0.2, 0) is 6.54 Å². The van der Waals surface area contributed by atoms with Crippen LogP contribution in [0.5, 0.6) is 0 Å². The average Bonchev–Trinajstić information content (AvgIpc) is 2.79. The maximum Gasteiger partial charge on any atom is 0.0762 e. The van der Waals surface area contributed by atoms with Crippen LogP contribution in [-0.4, -0.2) is 15.8 Å². The summed E-state index contributed by atoms with van der Waals surface area (Å²) in [7, 11) is 0. The molecule has 0 bridgehead atoms. The lowest BCUT2D eigenvalue weighted by atomic mass is 9.93. The Morgan fingerprint density at radius 1 is 1.19 bits per heavy atom. The molecule has 0 aliphatic heterocycles. The number of hydrogen-bond donors (Lipinski definition) is 1. The quantitative estimate of drug-likeness (QED) is 0.738. The Balaban J connectivity index is 1.81. The van der Waals surface area contributed by atoms with Gasteiger partial charge in [0, 0.05) is 18.8 Å². The summed E-state index contributed by atoms with van der Waals surface area (Å²) in [6.07, 6.45) is 13.0. The highest BCUT2D eigenvalue weighted by molar-refractivity contribution is 5.00. The van der Waals surface area contributed by atoms with E-state index in [2.05, 4.69) is 43.0 Å². The summed E-state index contributed by atoms with van der Waals surface area (Å²) in [4.78, 5) is 0. The van der Waals surface area contributed by atoms with Crippen molar-refractivity contribution in [2.24, 2.45) is 5.92 Å². The minimum absolute atomic E-state index is 0.554. The first-order chi connectivity index (χ1) is 10.2. The summed E-state index contributed by atoms with van der Waals surface area (Å²) in [5.74, 6) is 0.855. The lowest BCUT2D eigenvalue weighted by Gasteiger charge is -2.23. The third-order valence-electron chi connectivity index (χ3n) is 5.19. The van der Waals surface area contributed by atoms with Crippen molar-refractivity contribution in [2.75, 3.05) is 0 Å². The van der Waals surface area contributed by atoms with Crippen molar-refractivity contribution in [3.63, 3.8) is 0 Å². The van der Waals surface area contributed by atoms with Gasteiger partial charge in [0.05, 0.1) is 11.7 Å². The van der Waals surface area contributed by atoms with E-state index in [1.54, 1.807) is 0 Å². The predicted octanol–water partition coefficient (Wildman–Crippen LogP) is 4.69. The summed E-state index contributed by atoms with van der Waals surface area (Å²) >= 11 is 0. The minimum Gasteiger partial charge on any atom is -0.308 e. The standard InChI is InChI=1S/C18H33N3/c1-4-18(5-2)21-13-12-17(20-21)14-19-15(3)16-10-8-6-7-9-11-16/h12-13,15-16,18-19H,4-11,14H2,1-3H3/t15-/m1/s1. The van der Waals surface area contributed by atoms with Crippen molar-refractivity contribution < 1.29 is 0 Å². The summed E-state index contributed by atoms with van der Waals surface area (Å²) in [5.41, 5.74) is 1.18. The molecule has 1 aliphatic carbocycles. The first-order valence-electron chi connectivity index (χ1n) is 9.02. The fraction of sp³-hybridized carbons (Fsp3) is 0.833. The number of rotatable bonds is 7. The van der Waals surface area contributed by atoms with E-state index in [1.807, 2.05) is 0 Å². The molecule has 0 aromatic carbocycles. The molecule has 1 N–H and O–H groups in total. The van der Waals surface area contributed by atoms with Gasteiger partial charge < -0.3 is 5.32 Å². The topological polar surface area (TPSA) is 29.9 Å². The van der Waals surface area contributed by atoms with Crippen molar-refractivity contribution in [3.05, 3.63) is 18.0 Å². The van der Waals surface area contributed by atoms with E-state index in [0.717, 1.165) is 25.3 Å². The molecule has 3 nitrogen and oxygen atoms in total. The molecule has 1 saturated carbocycles. The van der Waals surface area contributed by atoms with Gasteiger partial charge in [-0.05, 0) is 44.6 Å². The van der Waals surface area contributed by atoms with E-state index in [9.17, 15) is 0 Å². The Morgan fingerprint density at radius 3 is 2.48 bits per heavy atom. The Morgan fingerprint density at radius 2 is 1.86 bits per heavy atom. The molecule has 1 aliphatic rings. The van der Waals surface area contributed by atoms with Crippen LogP contribution < -0.4 is 5.32 Å². The molecule has 0 amide bonds. The van der Waals surface area contributed by atoms with E-state index in [-0.39, 0.29) is 0 Å². The van der Waals surface area contributed by atoms with Crippen molar-refractivity contribution in [1.29, 1.82) is 0 Å². The Labute approximate surface area is 130 Å². The molecular weight excluding hydrogens is 258 g/mol. The summed E-state index contributed by atoms with van der Waals surface area (Å²) in [5, 5.41) is 8.45. The van der Waals surface area contributed by atoms with E-state index in [4.69, 9.17) is 5.10 Å². The molecule has 1 fully saturated rings. The zero-order valence-corrected chi connectivity index (χ0v) is 14.1. The molecule has 0 unspecified atom stereocenters. The van der Waals surface area contributed by atoms with Crippen molar-refractivity contribution in [2.45, 2.75) is 90.8 Å². The zero-order valence-electron chi connectivity index (χ0n) is 14.1. The molecule has 0 spiro atoms. The van der Waals surface area contributed by atoms with E-state index < -0.39 is 0 Å². The van der Waals surface area contributed by atoms with Crippen LogP contribution >= 0.6 is 0 Å². The normalized spacial score (nSPS) is 18.9. The van der Waals surface area contributed by atoms with Gasteiger partial charge in [0.15, 0.2) is 0 Å². The summed E-state index contributed by atoms with van der Waals surface area (Å²) < 4.78 is 2.15. The van der Waals surface area contributed by atoms with Gasteiger partial charge in [-0.2, -0.15) is 5.10 Å². The second-order valence-electron chi connectivity index (χ2n) is 6.68. The maximum atomic E-state index is 4.74. The minimum atomic E-state index is 0.554. The van der Waals surface area contributed by atoms with Gasteiger partial charge in [-0.25, -0.2) is 0 Å². The Kier molecular flexibility index (Phi) is 6.75. The smallest absolute Gasteiger partial charge is 0.0762 e. The average molecular weight is 291 g/mol. The van der Waals surface area contributed by atoms with Crippen LogP contribution in [0.15, 0.2) is 12.3 Å². The number of aromatic nitrogens is 2. The molecule has 0 saturated heterocycles.